The molecule has 0 aliphatic rings. The fourth-order valence-corrected chi connectivity index (χ4v) is 1.46. The summed E-state index contributed by atoms with van der Waals surface area (Å²) < 4.78 is 0. The average molecular weight is 212 g/mol. The van der Waals surface area contributed by atoms with E-state index in [9.17, 15) is 5.11 Å². The molecule has 1 radical (unpaired) electrons. The summed E-state index contributed by atoms with van der Waals surface area (Å²) in [7, 11) is 0. The number of hydrogen-bond acceptors (Lipinski definition) is 1. The zero-order valence-corrected chi connectivity index (χ0v) is 9.55. The van der Waals surface area contributed by atoms with Gasteiger partial charge in [-0.2, -0.15) is 0 Å². The predicted octanol–water partition coefficient (Wildman–Crippen LogP) is 3.62. The molecule has 1 N–H and O–H groups in total. The number of rotatable bonds is 2. The molecule has 1 atom stereocenters. The quantitative estimate of drug-likeness (QED) is 0.792. The first-order chi connectivity index (χ1) is 6.38. The third kappa shape index (κ3) is 3.69. The van der Waals surface area contributed by atoms with Gasteiger partial charge in [-0.1, -0.05) is 44.5 Å². The Labute approximate surface area is 90.7 Å². The molecule has 1 rings (SSSR count). The lowest BCUT2D eigenvalue weighted by Gasteiger charge is -2.22. The summed E-state index contributed by atoms with van der Waals surface area (Å²) in [5.41, 5.74) is 0.842. The number of aliphatic hydroxyl groups is 1. The van der Waals surface area contributed by atoms with Crippen molar-refractivity contribution >= 4 is 11.6 Å². The molecule has 1 nitrogen and oxygen atoms in total. The molecule has 0 heterocycles. The summed E-state index contributed by atoms with van der Waals surface area (Å²) in [6.07, 6.45) is 1.35. The summed E-state index contributed by atoms with van der Waals surface area (Å²) in [5, 5.41) is 10.5. The highest BCUT2D eigenvalue weighted by atomic mass is 35.5. The van der Waals surface area contributed by atoms with Crippen molar-refractivity contribution in [2.45, 2.75) is 26.9 Å². The highest BCUT2D eigenvalue weighted by Crippen LogP contribution is 2.28. The predicted molar refractivity (Wildman–Crippen MR) is 60.2 cm³/mol. The Hall–Kier alpha value is -0.530. The third-order valence-corrected chi connectivity index (χ3v) is 2.08. The van der Waals surface area contributed by atoms with Crippen LogP contribution in [0.25, 0.3) is 0 Å². The highest BCUT2D eigenvalue weighted by molar-refractivity contribution is 6.30. The molecular formula is C12H16ClO. The van der Waals surface area contributed by atoms with E-state index in [2.05, 4.69) is 20.8 Å². The summed E-state index contributed by atoms with van der Waals surface area (Å²) >= 11 is 5.84. The van der Waals surface area contributed by atoms with Crippen LogP contribution in [-0.2, 0) is 0 Å². The molecule has 0 saturated carbocycles. The number of hydrogen-bond donors (Lipinski definition) is 1. The van der Waals surface area contributed by atoms with E-state index in [1.165, 1.54) is 0 Å². The Morgan fingerprint density at radius 1 is 1.36 bits per heavy atom. The molecule has 77 valence electrons. The van der Waals surface area contributed by atoms with Gasteiger partial charge >= 0.3 is 0 Å². The Kier molecular flexibility index (Phi) is 3.57. The van der Waals surface area contributed by atoms with Gasteiger partial charge in [0.25, 0.3) is 0 Å². The Bertz CT molecular complexity index is 301. The van der Waals surface area contributed by atoms with Crippen LogP contribution in [0.1, 0.15) is 32.4 Å². The van der Waals surface area contributed by atoms with Crippen molar-refractivity contribution in [3.05, 3.63) is 41.3 Å². The standard InChI is InChI=1S/C12H16ClO/c1-12(2,3)8-11(14)9-5-4-6-10(13)7-9/h4-8,11,14H,1-3H3/t11-/m1/s1. The maximum Gasteiger partial charge on any atom is 0.0827 e. The van der Waals surface area contributed by atoms with Crippen molar-refractivity contribution in [1.29, 1.82) is 0 Å². The number of aliphatic hydroxyl groups excluding tert-OH is 1. The Balaban J connectivity index is 2.74. The fraction of sp³-hybridized carbons (Fsp3) is 0.417. The van der Waals surface area contributed by atoms with Crippen LogP contribution in [0.15, 0.2) is 24.3 Å². The van der Waals surface area contributed by atoms with Gasteiger partial charge in [0.05, 0.1) is 6.10 Å². The fourth-order valence-electron chi connectivity index (χ4n) is 1.26. The lowest BCUT2D eigenvalue weighted by molar-refractivity contribution is 0.182. The zero-order valence-electron chi connectivity index (χ0n) is 8.79. The van der Waals surface area contributed by atoms with E-state index in [1.54, 1.807) is 12.1 Å². The monoisotopic (exact) mass is 211 g/mol. The summed E-state index contributed by atoms with van der Waals surface area (Å²) in [4.78, 5) is 0. The Morgan fingerprint density at radius 3 is 2.50 bits per heavy atom. The summed E-state index contributed by atoms with van der Waals surface area (Å²) in [6.45, 7) is 6.17. The lowest BCUT2D eigenvalue weighted by atomic mass is 9.87. The van der Waals surface area contributed by atoms with Crippen molar-refractivity contribution < 1.29 is 5.11 Å². The first-order valence-electron chi connectivity index (χ1n) is 4.68. The van der Waals surface area contributed by atoms with E-state index >= 15 is 0 Å². The van der Waals surface area contributed by atoms with Crippen molar-refractivity contribution in [1.82, 2.24) is 0 Å². The van der Waals surface area contributed by atoms with E-state index in [0.717, 1.165) is 5.56 Å². The van der Waals surface area contributed by atoms with E-state index < -0.39 is 6.10 Å². The molecule has 1 aromatic rings. The second kappa shape index (κ2) is 4.33. The molecular weight excluding hydrogens is 196 g/mol. The average Bonchev–Trinajstić information content (AvgIpc) is 2.01. The SMILES string of the molecule is CC(C)(C)[CH][C@@H](O)c1cccc(Cl)c1. The van der Waals surface area contributed by atoms with Gasteiger partial charge in [-0.3, -0.25) is 0 Å². The summed E-state index contributed by atoms with van der Waals surface area (Å²) in [6, 6.07) is 7.31. The molecule has 0 spiro atoms. The molecule has 0 fully saturated rings. The largest absolute Gasteiger partial charge is 0.388 e. The topological polar surface area (TPSA) is 20.2 Å². The second-order valence-electron chi connectivity index (χ2n) is 4.53. The molecule has 1 aromatic carbocycles. The minimum Gasteiger partial charge on any atom is -0.388 e. The smallest absolute Gasteiger partial charge is 0.0827 e. The third-order valence-electron chi connectivity index (χ3n) is 1.85. The molecule has 0 aliphatic carbocycles. The van der Waals surface area contributed by atoms with Gasteiger partial charge in [0.2, 0.25) is 0 Å². The van der Waals surface area contributed by atoms with Gasteiger partial charge in [0.15, 0.2) is 0 Å². The van der Waals surface area contributed by atoms with Crippen molar-refractivity contribution in [3.8, 4) is 0 Å². The van der Waals surface area contributed by atoms with Crippen LogP contribution in [0.2, 0.25) is 5.02 Å². The van der Waals surface area contributed by atoms with Gasteiger partial charge in [0, 0.05) is 5.02 Å². The van der Waals surface area contributed by atoms with Crippen molar-refractivity contribution in [3.63, 3.8) is 0 Å². The first kappa shape index (κ1) is 11.5. The summed E-state index contributed by atoms with van der Waals surface area (Å²) in [5.74, 6) is 0. The maximum absolute atomic E-state index is 9.87. The maximum atomic E-state index is 9.87. The zero-order chi connectivity index (χ0) is 10.8. The van der Waals surface area contributed by atoms with Crippen LogP contribution in [-0.4, -0.2) is 5.11 Å². The Morgan fingerprint density at radius 2 is 2.00 bits per heavy atom. The normalized spacial score (nSPS) is 14.1. The molecule has 14 heavy (non-hydrogen) atoms. The van der Waals surface area contributed by atoms with E-state index in [0.29, 0.717) is 5.02 Å². The minimum atomic E-state index is -0.548. The second-order valence-corrected chi connectivity index (χ2v) is 4.97. The molecule has 0 unspecified atom stereocenters. The highest BCUT2D eigenvalue weighted by Gasteiger charge is 2.18. The van der Waals surface area contributed by atoms with Crippen LogP contribution in [0, 0.1) is 11.8 Å². The van der Waals surface area contributed by atoms with Crippen molar-refractivity contribution in [2.75, 3.05) is 0 Å². The van der Waals surface area contributed by atoms with Crippen LogP contribution in [0.5, 0.6) is 0 Å². The van der Waals surface area contributed by atoms with E-state index in [-0.39, 0.29) is 5.41 Å². The number of benzene rings is 1. The molecule has 0 aliphatic heterocycles. The van der Waals surface area contributed by atoms with Crippen LogP contribution >= 0.6 is 11.6 Å². The van der Waals surface area contributed by atoms with E-state index in [4.69, 9.17) is 11.6 Å². The molecule has 0 bridgehead atoms. The molecule has 0 saturated heterocycles. The van der Waals surface area contributed by atoms with Gasteiger partial charge < -0.3 is 5.11 Å². The first-order valence-corrected chi connectivity index (χ1v) is 5.06. The molecule has 0 amide bonds. The van der Waals surface area contributed by atoms with Crippen LogP contribution in [0.4, 0.5) is 0 Å². The molecule has 2 heteroatoms. The van der Waals surface area contributed by atoms with Crippen molar-refractivity contribution in [2.24, 2.45) is 5.41 Å². The van der Waals surface area contributed by atoms with Crippen LogP contribution < -0.4 is 0 Å². The molecule has 0 aromatic heterocycles. The van der Waals surface area contributed by atoms with E-state index in [1.807, 2.05) is 18.6 Å². The minimum absolute atomic E-state index is 0.00172. The lowest BCUT2D eigenvalue weighted by Crippen LogP contribution is -2.12. The van der Waals surface area contributed by atoms with Gasteiger partial charge in [-0.25, -0.2) is 0 Å². The van der Waals surface area contributed by atoms with Gasteiger partial charge in [0.1, 0.15) is 0 Å². The number of halogens is 1. The van der Waals surface area contributed by atoms with Gasteiger partial charge in [-0.15, -0.1) is 0 Å². The van der Waals surface area contributed by atoms with Gasteiger partial charge in [-0.05, 0) is 29.5 Å². The van der Waals surface area contributed by atoms with Crippen LogP contribution in [0.3, 0.4) is 0 Å².